The lowest BCUT2D eigenvalue weighted by Crippen LogP contribution is -2.26. The van der Waals surface area contributed by atoms with Gasteiger partial charge in [-0.05, 0) is 54.5 Å². The summed E-state index contributed by atoms with van der Waals surface area (Å²) in [5.41, 5.74) is 1.41. The molecule has 0 radical (unpaired) electrons. The number of thiophene rings is 1. The van der Waals surface area contributed by atoms with E-state index >= 15 is 0 Å². The highest BCUT2D eigenvalue weighted by Crippen LogP contribution is 2.32. The number of hydrogen-bond acceptors (Lipinski definition) is 4. The van der Waals surface area contributed by atoms with Gasteiger partial charge in [0.2, 0.25) is 0 Å². The molecule has 0 amide bonds. The van der Waals surface area contributed by atoms with E-state index in [-0.39, 0.29) is 5.82 Å². The van der Waals surface area contributed by atoms with Gasteiger partial charge in [0, 0.05) is 11.4 Å². The Hall–Kier alpha value is -1.76. The average molecular weight is 424 g/mol. The fourth-order valence-corrected chi connectivity index (χ4v) is 5.03. The van der Waals surface area contributed by atoms with Crippen LogP contribution in [0.2, 0.25) is 4.34 Å². The SMILES string of the molecule is O=C(O)C1=C(SCCCc2ccc(F)cc2)N(Cc2ccc(Cl)s2)CC=C1. The van der Waals surface area contributed by atoms with Gasteiger partial charge in [-0.2, -0.15) is 0 Å². The number of carboxylic acids is 1. The van der Waals surface area contributed by atoms with E-state index in [0.29, 0.717) is 18.7 Å². The molecule has 3 nitrogen and oxygen atoms in total. The minimum atomic E-state index is -0.916. The van der Waals surface area contributed by atoms with Gasteiger partial charge in [-0.1, -0.05) is 29.8 Å². The van der Waals surface area contributed by atoms with Crippen LogP contribution < -0.4 is 0 Å². The fraction of sp³-hybridized carbons (Fsp3) is 0.250. The van der Waals surface area contributed by atoms with Crippen LogP contribution in [0.3, 0.4) is 0 Å². The molecule has 0 bridgehead atoms. The number of rotatable bonds is 8. The van der Waals surface area contributed by atoms with E-state index in [4.69, 9.17) is 11.6 Å². The Balaban J connectivity index is 1.64. The Kier molecular flexibility index (Phi) is 6.99. The van der Waals surface area contributed by atoms with Crippen molar-refractivity contribution in [2.45, 2.75) is 19.4 Å². The Bertz CT molecular complexity index is 861. The molecule has 1 aliphatic rings. The Morgan fingerprint density at radius 3 is 2.70 bits per heavy atom. The normalized spacial score (nSPS) is 14.1. The highest BCUT2D eigenvalue weighted by atomic mass is 35.5. The minimum absolute atomic E-state index is 0.234. The lowest BCUT2D eigenvalue weighted by molar-refractivity contribution is -0.132. The number of aryl methyl sites for hydroxylation is 1. The van der Waals surface area contributed by atoms with Crippen LogP contribution in [0.15, 0.2) is 59.2 Å². The highest BCUT2D eigenvalue weighted by Gasteiger charge is 2.22. The predicted octanol–water partition coefficient (Wildman–Crippen LogP) is 5.57. The zero-order chi connectivity index (χ0) is 19.2. The summed E-state index contributed by atoms with van der Waals surface area (Å²) in [7, 11) is 0. The molecule has 7 heteroatoms. The monoisotopic (exact) mass is 423 g/mol. The molecule has 1 aliphatic heterocycles. The van der Waals surface area contributed by atoms with Crippen molar-refractivity contribution in [3.8, 4) is 0 Å². The van der Waals surface area contributed by atoms with Crippen molar-refractivity contribution in [3.63, 3.8) is 0 Å². The summed E-state index contributed by atoms with van der Waals surface area (Å²) in [6.07, 6.45) is 5.28. The second kappa shape index (κ2) is 9.44. The molecule has 0 spiro atoms. The quantitative estimate of drug-likeness (QED) is 0.563. The van der Waals surface area contributed by atoms with Crippen LogP contribution in [0.5, 0.6) is 0 Å². The van der Waals surface area contributed by atoms with Gasteiger partial charge in [0.1, 0.15) is 5.82 Å². The van der Waals surface area contributed by atoms with Gasteiger partial charge in [-0.15, -0.1) is 23.1 Å². The molecule has 0 unspecified atom stereocenters. The Labute approximate surface area is 171 Å². The van der Waals surface area contributed by atoms with Crippen molar-refractivity contribution in [1.29, 1.82) is 0 Å². The van der Waals surface area contributed by atoms with E-state index in [1.807, 2.05) is 18.2 Å². The highest BCUT2D eigenvalue weighted by molar-refractivity contribution is 8.03. The number of thioether (sulfide) groups is 1. The van der Waals surface area contributed by atoms with Gasteiger partial charge in [0.15, 0.2) is 0 Å². The fourth-order valence-electron chi connectivity index (χ4n) is 2.81. The molecule has 142 valence electrons. The van der Waals surface area contributed by atoms with Crippen LogP contribution >= 0.6 is 34.7 Å². The summed E-state index contributed by atoms with van der Waals surface area (Å²) in [6.45, 7) is 1.31. The standard InChI is InChI=1S/C20H19ClFNO2S2/c21-18-10-9-16(27-18)13-23-11-1-4-17(20(24)25)19(23)26-12-2-3-14-5-7-15(22)8-6-14/h1,4-10H,2-3,11-13H2,(H,24,25). The van der Waals surface area contributed by atoms with E-state index in [1.165, 1.54) is 23.5 Å². The van der Waals surface area contributed by atoms with Crippen molar-refractivity contribution in [2.24, 2.45) is 0 Å². The maximum Gasteiger partial charge on any atom is 0.338 e. The number of hydrogen-bond donors (Lipinski definition) is 1. The molecular formula is C20H19ClFNO2S2. The van der Waals surface area contributed by atoms with Crippen molar-refractivity contribution in [3.05, 3.63) is 79.7 Å². The van der Waals surface area contributed by atoms with Crippen LogP contribution in [0, 0.1) is 5.82 Å². The zero-order valence-electron chi connectivity index (χ0n) is 14.5. The molecule has 0 saturated heterocycles. The maximum atomic E-state index is 13.0. The van der Waals surface area contributed by atoms with Crippen LogP contribution in [0.25, 0.3) is 0 Å². The van der Waals surface area contributed by atoms with E-state index in [9.17, 15) is 14.3 Å². The summed E-state index contributed by atoms with van der Waals surface area (Å²) in [5, 5.41) is 10.3. The van der Waals surface area contributed by atoms with Gasteiger partial charge < -0.3 is 10.0 Å². The molecule has 27 heavy (non-hydrogen) atoms. The molecule has 0 atom stereocenters. The Morgan fingerprint density at radius 2 is 2.04 bits per heavy atom. The summed E-state index contributed by atoms with van der Waals surface area (Å²) >= 11 is 9.09. The van der Waals surface area contributed by atoms with Crippen LogP contribution in [-0.4, -0.2) is 28.3 Å². The van der Waals surface area contributed by atoms with Crippen molar-refractivity contribution in [1.82, 2.24) is 4.90 Å². The van der Waals surface area contributed by atoms with E-state index in [0.717, 1.165) is 38.4 Å². The maximum absolute atomic E-state index is 13.0. The van der Waals surface area contributed by atoms with Crippen molar-refractivity contribution < 1.29 is 14.3 Å². The number of aliphatic carboxylic acids is 1. The number of carboxylic acid groups (broad SMARTS) is 1. The van der Waals surface area contributed by atoms with Crippen LogP contribution in [0.4, 0.5) is 4.39 Å². The third-order valence-corrected chi connectivity index (χ3v) is 6.56. The van der Waals surface area contributed by atoms with Gasteiger partial charge in [0.05, 0.1) is 21.5 Å². The average Bonchev–Trinajstić information content (AvgIpc) is 3.05. The second-order valence-electron chi connectivity index (χ2n) is 6.09. The summed E-state index contributed by atoms with van der Waals surface area (Å²) in [4.78, 5) is 14.8. The molecule has 0 saturated carbocycles. The molecule has 1 N–H and O–H groups in total. The Morgan fingerprint density at radius 1 is 1.26 bits per heavy atom. The lowest BCUT2D eigenvalue weighted by Gasteiger charge is -2.29. The topological polar surface area (TPSA) is 40.5 Å². The third-order valence-electron chi connectivity index (χ3n) is 4.10. The first-order chi connectivity index (χ1) is 13.0. The third kappa shape index (κ3) is 5.61. The molecule has 1 aromatic heterocycles. The van der Waals surface area contributed by atoms with E-state index in [2.05, 4.69) is 4.90 Å². The van der Waals surface area contributed by atoms with Gasteiger partial charge >= 0.3 is 5.97 Å². The van der Waals surface area contributed by atoms with Gasteiger partial charge in [0.25, 0.3) is 0 Å². The molecule has 2 aromatic rings. The summed E-state index contributed by atoms with van der Waals surface area (Å²) in [6, 6.07) is 10.3. The van der Waals surface area contributed by atoms with Crippen LogP contribution in [0.1, 0.15) is 16.9 Å². The minimum Gasteiger partial charge on any atom is -0.478 e. The van der Waals surface area contributed by atoms with Gasteiger partial charge in [-0.3, -0.25) is 0 Å². The molecule has 2 heterocycles. The second-order valence-corrected chi connectivity index (χ2v) is 8.97. The smallest absolute Gasteiger partial charge is 0.338 e. The van der Waals surface area contributed by atoms with E-state index < -0.39 is 5.97 Å². The molecule has 1 aromatic carbocycles. The first-order valence-corrected chi connectivity index (χ1v) is 10.7. The van der Waals surface area contributed by atoms with E-state index in [1.54, 1.807) is 30.0 Å². The van der Waals surface area contributed by atoms with Crippen molar-refractivity contribution >= 4 is 40.7 Å². The van der Waals surface area contributed by atoms with Crippen molar-refractivity contribution in [2.75, 3.05) is 12.3 Å². The predicted molar refractivity (Wildman–Crippen MR) is 111 cm³/mol. The number of halogens is 2. The first kappa shape index (κ1) is 20.0. The first-order valence-electron chi connectivity index (χ1n) is 8.53. The van der Waals surface area contributed by atoms with Gasteiger partial charge in [-0.25, -0.2) is 9.18 Å². The number of benzene rings is 1. The van der Waals surface area contributed by atoms with Crippen LogP contribution in [-0.2, 0) is 17.8 Å². The summed E-state index contributed by atoms with van der Waals surface area (Å²) in [5.74, 6) is -0.358. The molecule has 0 aliphatic carbocycles. The largest absolute Gasteiger partial charge is 0.478 e. The molecule has 3 rings (SSSR count). The zero-order valence-corrected chi connectivity index (χ0v) is 16.9. The number of carbonyl (C=O) groups is 1. The number of nitrogens with zero attached hydrogens (tertiary/aromatic N) is 1. The molecular weight excluding hydrogens is 405 g/mol. The molecule has 0 fully saturated rings. The lowest BCUT2D eigenvalue weighted by atomic mass is 10.1. The summed E-state index contributed by atoms with van der Waals surface area (Å²) < 4.78 is 13.7.